The van der Waals surface area contributed by atoms with Crippen LogP contribution >= 0.6 is 35.3 Å². The van der Waals surface area contributed by atoms with Crippen molar-refractivity contribution in [3.63, 3.8) is 0 Å². The summed E-state index contributed by atoms with van der Waals surface area (Å²) in [6, 6.07) is 8.95. The molecule has 39 heavy (non-hydrogen) atoms. The summed E-state index contributed by atoms with van der Waals surface area (Å²) in [5.41, 5.74) is 1.05. The minimum absolute atomic E-state index is 0.186. The molecule has 2 amide bonds. The van der Waals surface area contributed by atoms with Crippen molar-refractivity contribution in [2.75, 3.05) is 5.32 Å². The van der Waals surface area contributed by atoms with Crippen molar-refractivity contribution in [1.29, 1.82) is 0 Å². The van der Waals surface area contributed by atoms with Gasteiger partial charge >= 0.3 is 5.97 Å². The number of rotatable bonds is 9. The summed E-state index contributed by atoms with van der Waals surface area (Å²) in [5, 5.41) is 23.5. The number of aromatic carboxylic acids is 1. The van der Waals surface area contributed by atoms with Crippen molar-refractivity contribution in [3.05, 3.63) is 74.8 Å². The second kappa shape index (κ2) is 12.2. The maximum Gasteiger partial charge on any atom is 0.339 e. The van der Waals surface area contributed by atoms with Crippen LogP contribution in [-0.2, 0) is 9.59 Å². The summed E-state index contributed by atoms with van der Waals surface area (Å²) in [7, 11) is -0.438. The van der Waals surface area contributed by atoms with Crippen molar-refractivity contribution in [2.45, 2.75) is 25.1 Å². The summed E-state index contributed by atoms with van der Waals surface area (Å²) >= 11 is 7.87. The van der Waals surface area contributed by atoms with Crippen LogP contribution in [0.1, 0.15) is 21.7 Å². The Bertz CT molecular complexity index is 1510. The van der Waals surface area contributed by atoms with Crippen LogP contribution in [0, 0.1) is 11.6 Å². The summed E-state index contributed by atoms with van der Waals surface area (Å²) in [5.74, 6) is -4.61. The Kier molecular flexibility index (Phi) is 8.95. The molecule has 4 rings (SSSR count). The van der Waals surface area contributed by atoms with Crippen molar-refractivity contribution < 1.29 is 33.4 Å². The highest BCUT2D eigenvalue weighted by atomic mass is 32.2. The van der Waals surface area contributed by atoms with Gasteiger partial charge in [-0.2, -0.15) is 0 Å². The summed E-state index contributed by atoms with van der Waals surface area (Å²) < 4.78 is 27.2. The number of anilines is 1. The number of nitrogens with one attached hydrogen (secondary N) is 1. The lowest BCUT2D eigenvalue weighted by molar-refractivity contribution is -0.130. The largest absolute Gasteiger partial charge is 0.507 e. The Hall–Kier alpha value is -3.39. The molecule has 1 fully saturated rings. The number of amides is 2. The second-order valence-corrected chi connectivity index (χ2v) is 12.9. The van der Waals surface area contributed by atoms with E-state index in [-0.39, 0.29) is 15.6 Å². The highest BCUT2D eigenvalue weighted by Gasteiger charge is 2.40. The van der Waals surface area contributed by atoms with Gasteiger partial charge in [-0.3, -0.25) is 14.5 Å². The van der Waals surface area contributed by atoms with E-state index in [1.54, 1.807) is 17.5 Å². The van der Waals surface area contributed by atoms with Crippen molar-refractivity contribution in [2.24, 2.45) is 0 Å². The Morgan fingerprint density at radius 3 is 2.59 bits per heavy atom. The maximum atomic E-state index is 13.7. The van der Waals surface area contributed by atoms with Crippen LogP contribution in [0.5, 0.6) is 5.75 Å². The topological polar surface area (TPSA) is 107 Å². The number of carbonyl (C=O) groups excluding carboxylic acids is 2. The number of benzene rings is 2. The summed E-state index contributed by atoms with van der Waals surface area (Å²) in [4.78, 5) is 40.1. The molecule has 0 bridgehead atoms. The van der Waals surface area contributed by atoms with Gasteiger partial charge in [-0.25, -0.2) is 13.6 Å². The van der Waals surface area contributed by atoms with Gasteiger partial charge < -0.3 is 15.5 Å². The molecular weight excluding hydrogens is 583 g/mol. The predicted octanol–water partition coefficient (Wildman–Crippen LogP) is 5.33. The lowest BCUT2D eigenvalue weighted by atomic mass is 10.1. The molecule has 202 valence electrons. The molecule has 0 saturated carbocycles. The van der Waals surface area contributed by atoms with Crippen LogP contribution in [0.15, 0.2) is 52.7 Å². The fourth-order valence-electron chi connectivity index (χ4n) is 3.92. The van der Waals surface area contributed by atoms with Gasteiger partial charge in [0.05, 0.1) is 4.91 Å². The van der Waals surface area contributed by atoms with Crippen LogP contribution in [0.25, 0.3) is 17.2 Å². The molecule has 13 heteroatoms. The molecule has 3 aromatic rings. The Morgan fingerprint density at radius 2 is 1.92 bits per heavy atom. The normalized spacial score (nSPS) is 15.5. The smallest absolute Gasteiger partial charge is 0.339 e. The first-order valence-corrected chi connectivity index (χ1v) is 16.3. The standard InChI is InChI=1S/C26H22F2N2O5S3Si/c1-39-7-6-20(23(32)29-15-3-4-17(25(34)35)21(31)10-15)30-24(33)22(38-26(30)36)11-16-8-14(12-37-16)13-2-5-18(27)19(28)9-13/h2-5,8-12,20,31H,6-7,39H2,1H3,(H,29,32)(H,34,35)/b22-11-/t20-/m0/s1. The highest BCUT2D eigenvalue weighted by molar-refractivity contribution is 8.26. The van der Waals surface area contributed by atoms with E-state index in [9.17, 15) is 28.3 Å². The molecule has 0 spiro atoms. The van der Waals surface area contributed by atoms with Gasteiger partial charge in [0, 0.05) is 26.2 Å². The molecule has 0 aliphatic carbocycles. The molecule has 7 nitrogen and oxygen atoms in total. The number of thiophene rings is 1. The zero-order valence-electron chi connectivity index (χ0n) is 20.4. The van der Waals surface area contributed by atoms with Crippen molar-refractivity contribution in [1.82, 2.24) is 4.90 Å². The zero-order valence-corrected chi connectivity index (χ0v) is 24.3. The minimum Gasteiger partial charge on any atom is -0.507 e. The van der Waals surface area contributed by atoms with Crippen LogP contribution in [0.2, 0.25) is 12.6 Å². The van der Waals surface area contributed by atoms with E-state index in [2.05, 4.69) is 11.9 Å². The van der Waals surface area contributed by atoms with Gasteiger partial charge in [0.15, 0.2) is 11.6 Å². The lowest BCUT2D eigenvalue weighted by Gasteiger charge is -2.26. The maximum absolute atomic E-state index is 13.7. The molecule has 1 saturated heterocycles. The van der Waals surface area contributed by atoms with E-state index in [0.717, 1.165) is 36.0 Å². The number of halogens is 2. The SMILES string of the molecule is C[SiH2]CC[C@@H](C(=O)Nc1ccc(C(=O)O)c(O)c1)N1C(=O)/C(=C/c2cc(-c3ccc(F)c(F)c3)cs2)SC1=S. The van der Waals surface area contributed by atoms with Crippen molar-refractivity contribution in [3.8, 4) is 16.9 Å². The molecule has 0 unspecified atom stereocenters. The number of carboxylic acid groups (broad SMARTS) is 1. The molecule has 1 aromatic heterocycles. The van der Waals surface area contributed by atoms with Gasteiger partial charge in [0.1, 0.15) is 21.7 Å². The first-order valence-electron chi connectivity index (χ1n) is 11.8. The molecule has 0 radical (unpaired) electrons. The number of hydrogen-bond acceptors (Lipinski definition) is 7. The number of aromatic hydroxyl groups is 1. The molecular formula is C26H22F2N2O5S3Si. The van der Waals surface area contributed by atoms with Crippen molar-refractivity contribution >= 4 is 78.7 Å². The third-order valence-corrected chi connectivity index (χ3v) is 9.24. The number of nitrogens with zero attached hydrogens (tertiary/aromatic N) is 1. The minimum atomic E-state index is -1.30. The quantitative estimate of drug-likeness (QED) is 0.172. The number of thioether (sulfide) groups is 1. The Balaban J connectivity index is 1.55. The highest BCUT2D eigenvalue weighted by Crippen LogP contribution is 2.37. The molecule has 1 aliphatic heterocycles. The number of thiocarbonyl (C=S) groups is 1. The van der Waals surface area contributed by atoms with Crippen LogP contribution in [-0.4, -0.2) is 52.8 Å². The Morgan fingerprint density at radius 1 is 1.15 bits per heavy atom. The predicted molar refractivity (Wildman–Crippen MR) is 156 cm³/mol. The second-order valence-electron chi connectivity index (χ2n) is 8.60. The van der Waals surface area contributed by atoms with Crippen LogP contribution in [0.3, 0.4) is 0 Å². The van der Waals surface area contributed by atoms with Gasteiger partial charge in [-0.1, -0.05) is 42.6 Å². The fraction of sp³-hybridized carbons (Fsp3) is 0.154. The number of hydrogen-bond donors (Lipinski definition) is 3. The van der Waals surface area contributed by atoms with E-state index in [1.165, 1.54) is 34.4 Å². The van der Waals surface area contributed by atoms with Gasteiger partial charge in [0.2, 0.25) is 5.91 Å². The van der Waals surface area contributed by atoms with E-state index in [1.807, 2.05) is 0 Å². The average Bonchev–Trinajstić information content (AvgIpc) is 3.45. The van der Waals surface area contributed by atoms with Gasteiger partial charge in [-0.15, -0.1) is 11.3 Å². The lowest BCUT2D eigenvalue weighted by Crippen LogP contribution is -2.46. The van der Waals surface area contributed by atoms with Crippen LogP contribution in [0.4, 0.5) is 14.5 Å². The third-order valence-electron chi connectivity index (χ3n) is 5.91. The first kappa shape index (κ1) is 28.6. The Labute approximate surface area is 238 Å². The number of carboxylic acids is 1. The molecule has 1 aliphatic rings. The van der Waals surface area contributed by atoms with E-state index in [0.29, 0.717) is 27.3 Å². The van der Waals surface area contributed by atoms with E-state index >= 15 is 0 Å². The monoisotopic (exact) mass is 604 g/mol. The fourth-order valence-corrected chi connectivity index (χ4v) is 6.99. The molecule has 1 atom stereocenters. The van der Waals surface area contributed by atoms with E-state index < -0.39 is 50.7 Å². The molecule has 2 aromatic carbocycles. The van der Waals surface area contributed by atoms with E-state index in [4.69, 9.17) is 17.3 Å². The average molecular weight is 605 g/mol. The summed E-state index contributed by atoms with van der Waals surface area (Å²) in [6.45, 7) is 2.09. The zero-order chi connectivity index (χ0) is 28.3. The number of phenols is 1. The van der Waals surface area contributed by atoms with Gasteiger partial charge in [-0.05, 0) is 59.3 Å². The first-order chi connectivity index (χ1) is 18.6. The van der Waals surface area contributed by atoms with Gasteiger partial charge in [0.25, 0.3) is 5.91 Å². The third kappa shape index (κ3) is 6.44. The van der Waals surface area contributed by atoms with Crippen LogP contribution < -0.4 is 5.32 Å². The molecule has 2 heterocycles. The molecule has 3 N–H and O–H groups in total. The number of carbonyl (C=O) groups is 3. The summed E-state index contributed by atoms with van der Waals surface area (Å²) in [6.07, 6.45) is 2.05.